The standard InChI is InChI=1S/C27H31N5O2S/c1-18(2)16-31-25(34)22-14-13-20(24(33)28-21-11-7-4-8-12-21)15-23(22)32-26(31)29-30-27(32)35-17-19-9-5-3-6-10-19/h3,5-6,9-10,13-15,18,21H,4,7-8,11-12,16-17H2,1-2H3,(H,28,33). The second kappa shape index (κ2) is 10.2. The maximum absolute atomic E-state index is 13.4. The van der Waals surface area contributed by atoms with Gasteiger partial charge in [-0.3, -0.25) is 18.6 Å². The molecule has 5 rings (SSSR count). The van der Waals surface area contributed by atoms with Gasteiger partial charge in [0.1, 0.15) is 0 Å². The summed E-state index contributed by atoms with van der Waals surface area (Å²) in [7, 11) is 0. The van der Waals surface area contributed by atoms with Crippen molar-refractivity contribution in [1.82, 2.24) is 24.5 Å². The predicted octanol–water partition coefficient (Wildman–Crippen LogP) is 5.06. The smallest absolute Gasteiger partial charge is 0.262 e. The van der Waals surface area contributed by atoms with Crippen LogP contribution in [0, 0.1) is 5.92 Å². The number of nitrogens with zero attached hydrogens (tertiary/aromatic N) is 4. The summed E-state index contributed by atoms with van der Waals surface area (Å²) in [5.41, 5.74) is 2.30. The average molecular weight is 490 g/mol. The van der Waals surface area contributed by atoms with E-state index in [1.807, 2.05) is 28.7 Å². The lowest BCUT2D eigenvalue weighted by Gasteiger charge is -2.22. The highest BCUT2D eigenvalue weighted by molar-refractivity contribution is 7.98. The summed E-state index contributed by atoms with van der Waals surface area (Å²) in [6, 6.07) is 15.8. The van der Waals surface area contributed by atoms with Crippen molar-refractivity contribution < 1.29 is 4.79 Å². The summed E-state index contributed by atoms with van der Waals surface area (Å²) in [6.45, 7) is 4.70. The monoisotopic (exact) mass is 489 g/mol. The van der Waals surface area contributed by atoms with Gasteiger partial charge in [-0.15, -0.1) is 10.2 Å². The van der Waals surface area contributed by atoms with Crippen LogP contribution in [-0.4, -0.2) is 31.1 Å². The van der Waals surface area contributed by atoms with Gasteiger partial charge >= 0.3 is 0 Å². The van der Waals surface area contributed by atoms with Gasteiger partial charge in [-0.05, 0) is 42.5 Å². The third-order valence-corrected chi connectivity index (χ3v) is 7.53. The molecule has 4 aromatic rings. The molecule has 1 N–H and O–H groups in total. The Hall–Kier alpha value is -3.13. The van der Waals surface area contributed by atoms with Crippen LogP contribution in [-0.2, 0) is 12.3 Å². The third-order valence-electron chi connectivity index (χ3n) is 6.53. The molecule has 1 amide bonds. The number of hydrogen-bond donors (Lipinski definition) is 1. The lowest BCUT2D eigenvalue weighted by Crippen LogP contribution is -2.36. The molecular weight excluding hydrogens is 458 g/mol. The summed E-state index contributed by atoms with van der Waals surface area (Å²) >= 11 is 1.57. The fourth-order valence-corrected chi connectivity index (χ4v) is 5.68. The Labute approximate surface area is 208 Å². The first-order valence-corrected chi connectivity index (χ1v) is 13.4. The number of fused-ring (bicyclic) bond motifs is 3. The minimum absolute atomic E-state index is 0.0927. The minimum Gasteiger partial charge on any atom is -0.349 e. The first-order chi connectivity index (χ1) is 17.0. The van der Waals surface area contributed by atoms with Crippen LogP contribution in [0.2, 0.25) is 0 Å². The Morgan fingerprint density at radius 3 is 2.60 bits per heavy atom. The molecule has 2 heterocycles. The van der Waals surface area contributed by atoms with Gasteiger partial charge in [0, 0.05) is 23.9 Å². The third kappa shape index (κ3) is 4.98. The Kier molecular flexibility index (Phi) is 6.90. The average Bonchev–Trinajstić information content (AvgIpc) is 3.30. The van der Waals surface area contributed by atoms with Crippen LogP contribution < -0.4 is 10.9 Å². The van der Waals surface area contributed by atoms with Crippen LogP contribution >= 0.6 is 11.8 Å². The number of carbonyl (C=O) groups excluding carboxylic acids is 1. The molecule has 0 spiro atoms. The van der Waals surface area contributed by atoms with Crippen LogP contribution in [0.25, 0.3) is 16.7 Å². The number of aromatic nitrogens is 4. The molecule has 0 saturated heterocycles. The molecule has 1 fully saturated rings. The number of amides is 1. The van der Waals surface area contributed by atoms with Gasteiger partial charge in [-0.25, -0.2) is 0 Å². The maximum Gasteiger partial charge on any atom is 0.262 e. The van der Waals surface area contributed by atoms with Crippen molar-refractivity contribution in [3.05, 3.63) is 70.0 Å². The lowest BCUT2D eigenvalue weighted by atomic mass is 9.95. The zero-order chi connectivity index (χ0) is 24.4. The van der Waals surface area contributed by atoms with Crippen LogP contribution in [0.3, 0.4) is 0 Å². The summed E-state index contributed by atoms with van der Waals surface area (Å²) in [5, 5.41) is 13.3. The van der Waals surface area contributed by atoms with E-state index in [0.29, 0.717) is 33.9 Å². The van der Waals surface area contributed by atoms with Crippen LogP contribution in [0.5, 0.6) is 0 Å². The Morgan fingerprint density at radius 1 is 1.09 bits per heavy atom. The van der Waals surface area contributed by atoms with Gasteiger partial charge in [0.05, 0.1) is 10.9 Å². The molecule has 0 bridgehead atoms. The van der Waals surface area contributed by atoms with Crippen molar-refractivity contribution >= 4 is 34.3 Å². The van der Waals surface area contributed by atoms with E-state index < -0.39 is 0 Å². The molecule has 1 saturated carbocycles. The molecule has 0 aliphatic heterocycles. The summed E-state index contributed by atoms with van der Waals surface area (Å²) in [5.74, 6) is 1.42. The van der Waals surface area contributed by atoms with Gasteiger partial charge in [-0.2, -0.15) is 0 Å². The number of rotatable bonds is 7. The van der Waals surface area contributed by atoms with Crippen molar-refractivity contribution in [2.75, 3.05) is 0 Å². The van der Waals surface area contributed by atoms with E-state index in [9.17, 15) is 9.59 Å². The van der Waals surface area contributed by atoms with E-state index in [4.69, 9.17) is 0 Å². The predicted molar refractivity (Wildman–Crippen MR) is 140 cm³/mol. The van der Waals surface area contributed by atoms with Gasteiger partial charge in [0.25, 0.3) is 11.5 Å². The van der Waals surface area contributed by atoms with Crippen molar-refractivity contribution in [2.45, 2.75) is 69.4 Å². The quantitative estimate of drug-likeness (QED) is 0.367. The molecule has 182 valence electrons. The van der Waals surface area contributed by atoms with E-state index in [2.05, 4.69) is 41.5 Å². The molecule has 35 heavy (non-hydrogen) atoms. The molecule has 1 aliphatic carbocycles. The van der Waals surface area contributed by atoms with E-state index in [-0.39, 0.29) is 23.4 Å². The van der Waals surface area contributed by atoms with Gasteiger partial charge in [0.15, 0.2) is 5.16 Å². The van der Waals surface area contributed by atoms with Crippen molar-refractivity contribution in [1.29, 1.82) is 0 Å². The van der Waals surface area contributed by atoms with Gasteiger partial charge in [0.2, 0.25) is 5.78 Å². The van der Waals surface area contributed by atoms with Gasteiger partial charge < -0.3 is 5.32 Å². The summed E-state index contributed by atoms with van der Waals surface area (Å²) in [6.07, 6.45) is 5.59. The van der Waals surface area contributed by atoms with Crippen LogP contribution in [0.4, 0.5) is 0 Å². The highest BCUT2D eigenvalue weighted by Crippen LogP contribution is 2.26. The fraction of sp³-hybridized carbons (Fsp3) is 0.407. The SMILES string of the molecule is CC(C)Cn1c(=O)c2ccc(C(=O)NC3CCCCC3)cc2n2c(SCc3ccccc3)nnc12. The van der Waals surface area contributed by atoms with Crippen molar-refractivity contribution in [3.63, 3.8) is 0 Å². The number of hydrogen-bond acceptors (Lipinski definition) is 5. The molecule has 0 radical (unpaired) electrons. The van der Waals surface area contributed by atoms with E-state index in [1.54, 1.807) is 28.5 Å². The van der Waals surface area contributed by atoms with Gasteiger partial charge in [-0.1, -0.05) is 75.2 Å². The Bertz CT molecular complexity index is 1400. The molecule has 2 aromatic carbocycles. The first-order valence-electron chi connectivity index (χ1n) is 12.4. The second-order valence-electron chi connectivity index (χ2n) is 9.74. The minimum atomic E-state index is -0.104. The van der Waals surface area contributed by atoms with Crippen LogP contribution in [0.1, 0.15) is 61.9 Å². The highest BCUT2D eigenvalue weighted by Gasteiger charge is 2.21. The zero-order valence-corrected chi connectivity index (χ0v) is 21.1. The first kappa shape index (κ1) is 23.6. The zero-order valence-electron chi connectivity index (χ0n) is 20.2. The van der Waals surface area contributed by atoms with Crippen LogP contribution in [0.15, 0.2) is 58.5 Å². The fourth-order valence-electron chi connectivity index (χ4n) is 4.78. The number of thioether (sulfide) groups is 1. The largest absolute Gasteiger partial charge is 0.349 e. The molecule has 8 heteroatoms. The Balaban J connectivity index is 1.58. The van der Waals surface area contributed by atoms with E-state index in [0.717, 1.165) is 31.4 Å². The number of carbonyl (C=O) groups is 1. The topological polar surface area (TPSA) is 81.3 Å². The van der Waals surface area contributed by atoms with Crippen molar-refractivity contribution in [3.8, 4) is 0 Å². The Morgan fingerprint density at radius 2 is 1.86 bits per heavy atom. The molecule has 2 aromatic heterocycles. The normalized spacial score (nSPS) is 14.7. The molecule has 0 atom stereocenters. The molecule has 0 unspecified atom stereocenters. The lowest BCUT2D eigenvalue weighted by molar-refractivity contribution is 0.0928. The number of benzene rings is 2. The van der Waals surface area contributed by atoms with Crippen molar-refractivity contribution in [2.24, 2.45) is 5.92 Å². The molecule has 7 nitrogen and oxygen atoms in total. The highest BCUT2D eigenvalue weighted by atomic mass is 32.2. The summed E-state index contributed by atoms with van der Waals surface area (Å²) in [4.78, 5) is 26.5. The summed E-state index contributed by atoms with van der Waals surface area (Å²) < 4.78 is 3.64. The van der Waals surface area contributed by atoms with E-state index in [1.165, 1.54) is 12.0 Å². The second-order valence-corrected chi connectivity index (χ2v) is 10.7. The van der Waals surface area contributed by atoms with E-state index >= 15 is 0 Å². The molecular formula is C27H31N5O2S. The maximum atomic E-state index is 13.4. The number of nitrogens with one attached hydrogen (secondary N) is 1. The molecule has 1 aliphatic rings.